The summed E-state index contributed by atoms with van der Waals surface area (Å²) in [6.07, 6.45) is 6.27. The van der Waals surface area contributed by atoms with E-state index in [4.69, 9.17) is 0 Å². The van der Waals surface area contributed by atoms with Gasteiger partial charge in [-0.1, -0.05) is 19.3 Å². The molecule has 2 saturated heterocycles. The summed E-state index contributed by atoms with van der Waals surface area (Å²) in [7, 11) is 2.21. The SMILES string of the molecule is CN1CC2CN(CC(=O)NC3CCCCC3)CC2C1. The Kier molecular flexibility index (Phi) is 4.08. The highest BCUT2D eigenvalue weighted by Crippen LogP contribution is 2.29. The average molecular weight is 265 g/mol. The maximum absolute atomic E-state index is 12.1. The van der Waals surface area contributed by atoms with Crippen LogP contribution in [0.2, 0.25) is 0 Å². The lowest BCUT2D eigenvalue weighted by Gasteiger charge is -2.24. The van der Waals surface area contributed by atoms with Crippen molar-refractivity contribution in [2.24, 2.45) is 11.8 Å². The normalized spacial score (nSPS) is 33.5. The van der Waals surface area contributed by atoms with Crippen LogP contribution in [0.3, 0.4) is 0 Å². The van der Waals surface area contributed by atoms with E-state index in [9.17, 15) is 4.79 Å². The molecule has 4 nitrogen and oxygen atoms in total. The fourth-order valence-corrected chi connectivity index (χ4v) is 4.18. The minimum absolute atomic E-state index is 0.250. The second-order valence-electron chi connectivity index (χ2n) is 6.84. The summed E-state index contributed by atoms with van der Waals surface area (Å²) in [6, 6.07) is 0.453. The van der Waals surface area contributed by atoms with Gasteiger partial charge in [0.15, 0.2) is 0 Å². The third kappa shape index (κ3) is 3.29. The highest BCUT2D eigenvalue weighted by Gasteiger charge is 2.38. The smallest absolute Gasteiger partial charge is 0.234 e. The average Bonchev–Trinajstić information content (AvgIpc) is 2.86. The molecular weight excluding hydrogens is 238 g/mol. The predicted molar refractivity (Wildman–Crippen MR) is 75.9 cm³/mol. The first-order valence-electron chi connectivity index (χ1n) is 7.91. The summed E-state index contributed by atoms with van der Waals surface area (Å²) >= 11 is 0. The van der Waals surface area contributed by atoms with E-state index in [2.05, 4.69) is 22.2 Å². The molecule has 3 rings (SSSR count). The number of nitrogens with one attached hydrogen (secondary N) is 1. The van der Waals surface area contributed by atoms with Crippen molar-refractivity contribution in [1.82, 2.24) is 15.1 Å². The van der Waals surface area contributed by atoms with Crippen LogP contribution in [-0.4, -0.2) is 61.5 Å². The number of rotatable bonds is 3. The molecule has 19 heavy (non-hydrogen) atoms. The Morgan fingerprint density at radius 2 is 1.68 bits per heavy atom. The monoisotopic (exact) mass is 265 g/mol. The van der Waals surface area contributed by atoms with Crippen LogP contribution in [0.1, 0.15) is 32.1 Å². The molecule has 2 aliphatic heterocycles. The van der Waals surface area contributed by atoms with Gasteiger partial charge in [0.2, 0.25) is 5.91 Å². The highest BCUT2D eigenvalue weighted by atomic mass is 16.2. The van der Waals surface area contributed by atoms with Gasteiger partial charge in [-0.3, -0.25) is 9.69 Å². The molecule has 0 bridgehead atoms. The van der Waals surface area contributed by atoms with Crippen molar-refractivity contribution in [2.75, 3.05) is 39.8 Å². The number of amides is 1. The van der Waals surface area contributed by atoms with Crippen LogP contribution in [0.5, 0.6) is 0 Å². The van der Waals surface area contributed by atoms with Gasteiger partial charge in [-0.15, -0.1) is 0 Å². The Morgan fingerprint density at radius 3 is 2.32 bits per heavy atom. The summed E-state index contributed by atoms with van der Waals surface area (Å²) in [6.45, 7) is 5.28. The van der Waals surface area contributed by atoms with Crippen LogP contribution in [-0.2, 0) is 4.79 Å². The van der Waals surface area contributed by atoms with Crippen LogP contribution in [0, 0.1) is 11.8 Å². The number of carbonyl (C=O) groups excluding carboxylic acids is 1. The molecule has 0 radical (unpaired) electrons. The number of hydrogen-bond acceptors (Lipinski definition) is 3. The topological polar surface area (TPSA) is 35.6 Å². The third-order valence-corrected chi connectivity index (χ3v) is 5.08. The summed E-state index contributed by atoms with van der Waals surface area (Å²) < 4.78 is 0. The van der Waals surface area contributed by atoms with Crippen molar-refractivity contribution in [3.05, 3.63) is 0 Å². The highest BCUT2D eigenvalue weighted by molar-refractivity contribution is 5.78. The van der Waals surface area contributed by atoms with E-state index < -0.39 is 0 Å². The van der Waals surface area contributed by atoms with Gasteiger partial charge in [0, 0.05) is 32.2 Å². The molecule has 1 saturated carbocycles. The molecular formula is C15H27N3O. The quantitative estimate of drug-likeness (QED) is 0.824. The van der Waals surface area contributed by atoms with E-state index in [0.717, 1.165) is 24.9 Å². The lowest BCUT2D eigenvalue weighted by molar-refractivity contribution is -0.123. The zero-order valence-electron chi connectivity index (χ0n) is 12.1. The molecule has 1 amide bonds. The molecule has 0 spiro atoms. The standard InChI is InChI=1S/C15H27N3O/c1-17-7-12-9-18(10-13(12)8-17)11-15(19)16-14-5-3-2-4-6-14/h12-14H,2-11H2,1H3,(H,16,19). The minimum Gasteiger partial charge on any atom is -0.352 e. The summed E-state index contributed by atoms with van der Waals surface area (Å²) in [5, 5.41) is 3.23. The van der Waals surface area contributed by atoms with Gasteiger partial charge in [-0.05, 0) is 31.7 Å². The molecule has 108 valence electrons. The molecule has 4 heteroatoms. The third-order valence-electron chi connectivity index (χ3n) is 5.08. The Labute approximate surface area is 116 Å². The fraction of sp³-hybridized carbons (Fsp3) is 0.933. The Balaban J connectivity index is 1.41. The van der Waals surface area contributed by atoms with Gasteiger partial charge in [-0.25, -0.2) is 0 Å². The molecule has 2 unspecified atom stereocenters. The molecule has 0 aromatic rings. The van der Waals surface area contributed by atoms with E-state index in [0.29, 0.717) is 12.6 Å². The summed E-state index contributed by atoms with van der Waals surface area (Å²) in [5.74, 6) is 1.85. The van der Waals surface area contributed by atoms with Gasteiger partial charge in [0.1, 0.15) is 0 Å². The molecule has 2 atom stereocenters. The van der Waals surface area contributed by atoms with Gasteiger partial charge < -0.3 is 10.2 Å². The molecule has 0 aromatic carbocycles. The van der Waals surface area contributed by atoms with Crippen molar-refractivity contribution in [3.63, 3.8) is 0 Å². The lowest BCUT2D eigenvalue weighted by atomic mass is 9.95. The minimum atomic E-state index is 0.250. The largest absolute Gasteiger partial charge is 0.352 e. The van der Waals surface area contributed by atoms with E-state index in [1.165, 1.54) is 45.2 Å². The van der Waals surface area contributed by atoms with Crippen molar-refractivity contribution in [2.45, 2.75) is 38.1 Å². The van der Waals surface area contributed by atoms with Crippen LogP contribution in [0.4, 0.5) is 0 Å². The molecule has 0 aromatic heterocycles. The van der Waals surface area contributed by atoms with Crippen molar-refractivity contribution >= 4 is 5.91 Å². The number of nitrogens with zero attached hydrogens (tertiary/aromatic N) is 2. The van der Waals surface area contributed by atoms with Gasteiger partial charge in [0.25, 0.3) is 0 Å². The van der Waals surface area contributed by atoms with Gasteiger partial charge in [0.05, 0.1) is 6.54 Å². The number of carbonyl (C=O) groups is 1. The van der Waals surface area contributed by atoms with Gasteiger partial charge in [-0.2, -0.15) is 0 Å². The molecule has 2 heterocycles. The zero-order chi connectivity index (χ0) is 13.2. The van der Waals surface area contributed by atoms with Crippen molar-refractivity contribution < 1.29 is 4.79 Å². The van der Waals surface area contributed by atoms with E-state index in [1.807, 2.05) is 0 Å². The van der Waals surface area contributed by atoms with Crippen LogP contribution in [0.25, 0.3) is 0 Å². The first kappa shape index (κ1) is 13.4. The molecule has 3 aliphatic rings. The number of likely N-dealkylation sites (tertiary alicyclic amines) is 2. The van der Waals surface area contributed by atoms with Crippen molar-refractivity contribution in [1.29, 1.82) is 0 Å². The lowest BCUT2D eigenvalue weighted by Crippen LogP contribution is -2.42. The summed E-state index contributed by atoms with van der Waals surface area (Å²) in [4.78, 5) is 16.9. The van der Waals surface area contributed by atoms with E-state index in [-0.39, 0.29) is 5.91 Å². The molecule has 1 N–H and O–H groups in total. The zero-order valence-corrected chi connectivity index (χ0v) is 12.1. The van der Waals surface area contributed by atoms with Crippen LogP contribution in [0.15, 0.2) is 0 Å². The Bertz CT molecular complexity index is 313. The maximum Gasteiger partial charge on any atom is 0.234 e. The Hall–Kier alpha value is -0.610. The molecule has 1 aliphatic carbocycles. The van der Waals surface area contributed by atoms with Crippen LogP contribution >= 0.6 is 0 Å². The fourth-order valence-electron chi connectivity index (χ4n) is 4.18. The Morgan fingerprint density at radius 1 is 1.05 bits per heavy atom. The van der Waals surface area contributed by atoms with Crippen molar-refractivity contribution in [3.8, 4) is 0 Å². The summed E-state index contributed by atoms with van der Waals surface area (Å²) in [5.41, 5.74) is 0. The number of fused-ring (bicyclic) bond motifs is 1. The first-order chi connectivity index (χ1) is 9.20. The second kappa shape index (κ2) is 5.80. The molecule has 3 fully saturated rings. The van der Waals surface area contributed by atoms with E-state index in [1.54, 1.807) is 0 Å². The second-order valence-corrected chi connectivity index (χ2v) is 6.84. The van der Waals surface area contributed by atoms with Gasteiger partial charge >= 0.3 is 0 Å². The first-order valence-corrected chi connectivity index (χ1v) is 7.91. The number of hydrogen-bond donors (Lipinski definition) is 1. The van der Waals surface area contributed by atoms with E-state index >= 15 is 0 Å². The maximum atomic E-state index is 12.1. The van der Waals surface area contributed by atoms with Crippen LogP contribution < -0.4 is 5.32 Å². The predicted octanol–water partition coefficient (Wildman–Crippen LogP) is 0.929.